The molecule has 0 saturated carbocycles. The molecule has 0 radical (unpaired) electrons. The van der Waals surface area contributed by atoms with E-state index in [-0.39, 0.29) is 5.91 Å². The van der Waals surface area contributed by atoms with Crippen LogP contribution in [0.3, 0.4) is 0 Å². The summed E-state index contributed by atoms with van der Waals surface area (Å²) in [5.74, 6) is 1.31. The quantitative estimate of drug-likeness (QED) is 0.944. The molecule has 1 saturated heterocycles. The lowest BCUT2D eigenvalue weighted by molar-refractivity contribution is 0.0703. The number of para-hydroxylation sites is 1. The highest BCUT2D eigenvalue weighted by Crippen LogP contribution is 2.21. The van der Waals surface area contributed by atoms with Gasteiger partial charge < -0.3 is 15.0 Å². The van der Waals surface area contributed by atoms with E-state index < -0.39 is 0 Å². The van der Waals surface area contributed by atoms with Crippen molar-refractivity contribution in [1.82, 2.24) is 15.2 Å². The Morgan fingerprint density at radius 1 is 1.27 bits per heavy atom. The standard InChI is InChI=1S/C17H19N3O2/c1-13-12-20(10-9-18-13)17(21)16-11-15(7-8-19-16)22-14-5-3-2-4-6-14/h2-8,11,13,18H,9-10,12H2,1H3/t13-/m1/s1. The monoisotopic (exact) mass is 297 g/mol. The molecule has 22 heavy (non-hydrogen) atoms. The highest BCUT2D eigenvalue weighted by Gasteiger charge is 2.22. The number of benzene rings is 1. The number of amides is 1. The number of hydrogen-bond donors (Lipinski definition) is 1. The molecule has 1 fully saturated rings. The summed E-state index contributed by atoms with van der Waals surface area (Å²) in [6.45, 7) is 4.29. The van der Waals surface area contributed by atoms with Gasteiger partial charge in [-0.2, -0.15) is 0 Å². The molecule has 0 unspecified atom stereocenters. The molecule has 1 aliphatic heterocycles. The fourth-order valence-corrected chi connectivity index (χ4v) is 2.50. The van der Waals surface area contributed by atoms with Crippen LogP contribution in [-0.2, 0) is 0 Å². The number of hydrogen-bond acceptors (Lipinski definition) is 4. The van der Waals surface area contributed by atoms with Gasteiger partial charge in [-0.25, -0.2) is 0 Å². The number of ether oxygens (including phenoxy) is 1. The summed E-state index contributed by atoms with van der Waals surface area (Å²) in [6.07, 6.45) is 1.61. The normalized spacial score (nSPS) is 18.0. The molecule has 0 spiro atoms. The second-order valence-electron chi connectivity index (χ2n) is 5.40. The Bertz CT molecular complexity index is 645. The molecule has 1 N–H and O–H groups in total. The van der Waals surface area contributed by atoms with E-state index in [4.69, 9.17) is 4.74 Å². The Morgan fingerprint density at radius 2 is 2.09 bits per heavy atom. The van der Waals surface area contributed by atoms with Crippen molar-refractivity contribution in [3.63, 3.8) is 0 Å². The third-order valence-electron chi connectivity index (χ3n) is 3.59. The molecule has 1 aliphatic rings. The first-order valence-electron chi connectivity index (χ1n) is 7.44. The lowest BCUT2D eigenvalue weighted by Gasteiger charge is -2.31. The van der Waals surface area contributed by atoms with Crippen molar-refractivity contribution in [3.8, 4) is 11.5 Å². The Labute approximate surface area is 129 Å². The number of nitrogens with one attached hydrogen (secondary N) is 1. The smallest absolute Gasteiger partial charge is 0.272 e. The zero-order valence-electron chi connectivity index (χ0n) is 12.5. The van der Waals surface area contributed by atoms with Gasteiger partial charge in [0.25, 0.3) is 5.91 Å². The van der Waals surface area contributed by atoms with Gasteiger partial charge in [-0.05, 0) is 25.1 Å². The van der Waals surface area contributed by atoms with Crippen LogP contribution in [0.25, 0.3) is 0 Å². The predicted octanol–water partition coefficient (Wildman–Crippen LogP) is 2.31. The molecule has 1 amide bonds. The highest BCUT2D eigenvalue weighted by atomic mass is 16.5. The van der Waals surface area contributed by atoms with Crippen molar-refractivity contribution in [2.75, 3.05) is 19.6 Å². The van der Waals surface area contributed by atoms with Gasteiger partial charge in [0.05, 0.1) is 0 Å². The number of aromatic nitrogens is 1. The lowest BCUT2D eigenvalue weighted by Crippen LogP contribution is -2.51. The maximum absolute atomic E-state index is 12.5. The minimum atomic E-state index is -0.0492. The number of pyridine rings is 1. The minimum absolute atomic E-state index is 0.0492. The third-order valence-corrected chi connectivity index (χ3v) is 3.59. The van der Waals surface area contributed by atoms with Crippen LogP contribution in [0.1, 0.15) is 17.4 Å². The average Bonchev–Trinajstić information content (AvgIpc) is 2.55. The van der Waals surface area contributed by atoms with Gasteiger partial charge in [-0.3, -0.25) is 9.78 Å². The highest BCUT2D eigenvalue weighted by molar-refractivity contribution is 5.92. The van der Waals surface area contributed by atoms with E-state index in [0.29, 0.717) is 30.6 Å². The van der Waals surface area contributed by atoms with E-state index in [2.05, 4.69) is 17.2 Å². The number of carbonyl (C=O) groups is 1. The average molecular weight is 297 g/mol. The summed E-state index contributed by atoms with van der Waals surface area (Å²) in [6, 6.07) is 13.3. The van der Waals surface area contributed by atoms with Crippen LogP contribution in [0.15, 0.2) is 48.7 Å². The molecule has 3 rings (SSSR count). The lowest BCUT2D eigenvalue weighted by atomic mass is 10.2. The molecule has 0 bridgehead atoms. The zero-order chi connectivity index (χ0) is 15.4. The van der Waals surface area contributed by atoms with Crippen molar-refractivity contribution in [2.45, 2.75) is 13.0 Å². The van der Waals surface area contributed by atoms with Crippen LogP contribution in [-0.4, -0.2) is 41.5 Å². The van der Waals surface area contributed by atoms with Crippen molar-refractivity contribution in [3.05, 3.63) is 54.4 Å². The minimum Gasteiger partial charge on any atom is -0.457 e. The topological polar surface area (TPSA) is 54.5 Å². The molecular formula is C17H19N3O2. The van der Waals surface area contributed by atoms with Crippen molar-refractivity contribution >= 4 is 5.91 Å². The Morgan fingerprint density at radius 3 is 2.86 bits per heavy atom. The van der Waals surface area contributed by atoms with Gasteiger partial charge in [-0.1, -0.05) is 18.2 Å². The summed E-state index contributed by atoms with van der Waals surface area (Å²) in [7, 11) is 0. The maximum Gasteiger partial charge on any atom is 0.272 e. The van der Waals surface area contributed by atoms with Crippen molar-refractivity contribution in [2.24, 2.45) is 0 Å². The summed E-state index contributed by atoms with van der Waals surface area (Å²) in [5.41, 5.74) is 0.419. The molecule has 1 aromatic carbocycles. The summed E-state index contributed by atoms with van der Waals surface area (Å²) in [5, 5.41) is 3.32. The van der Waals surface area contributed by atoms with Crippen molar-refractivity contribution in [1.29, 1.82) is 0 Å². The largest absolute Gasteiger partial charge is 0.457 e. The van der Waals surface area contributed by atoms with E-state index in [1.807, 2.05) is 35.2 Å². The van der Waals surface area contributed by atoms with Gasteiger partial charge in [0.1, 0.15) is 17.2 Å². The molecule has 5 nitrogen and oxygen atoms in total. The summed E-state index contributed by atoms with van der Waals surface area (Å²) < 4.78 is 5.75. The number of carbonyl (C=O) groups excluding carboxylic acids is 1. The number of rotatable bonds is 3. The number of nitrogens with zero attached hydrogens (tertiary/aromatic N) is 2. The van der Waals surface area contributed by atoms with Gasteiger partial charge in [0, 0.05) is 37.9 Å². The van der Waals surface area contributed by atoms with E-state index >= 15 is 0 Å². The fourth-order valence-electron chi connectivity index (χ4n) is 2.50. The van der Waals surface area contributed by atoms with Gasteiger partial charge in [0.2, 0.25) is 0 Å². The van der Waals surface area contributed by atoms with E-state index in [1.165, 1.54) is 0 Å². The van der Waals surface area contributed by atoms with Crippen LogP contribution in [0, 0.1) is 0 Å². The first kappa shape index (κ1) is 14.5. The molecule has 114 valence electrons. The molecule has 2 heterocycles. The summed E-state index contributed by atoms with van der Waals surface area (Å²) >= 11 is 0. The van der Waals surface area contributed by atoms with Gasteiger partial charge >= 0.3 is 0 Å². The molecule has 2 aromatic rings. The van der Waals surface area contributed by atoms with E-state index in [9.17, 15) is 4.79 Å². The van der Waals surface area contributed by atoms with Crippen LogP contribution in [0.4, 0.5) is 0 Å². The Kier molecular flexibility index (Phi) is 4.34. The summed E-state index contributed by atoms with van der Waals surface area (Å²) in [4.78, 5) is 18.5. The molecule has 5 heteroatoms. The Hall–Kier alpha value is -2.40. The van der Waals surface area contributed by atoms with Gasteiger partial charge in [-0.15, -0.1) is 0 Å². The molecule has 0 aliphatic carbocycles. The Balaban J connectivity index is 1.74. The fraction of sp³-hybridized carbons (Fsp3) is 0.294. The van der Waals surface area contributed by atoms with Crippen LogP contribution >= 0.6 is 0 Å². The molecule has 1 atom stereocenters. The maximum atomic E-state index is 12.5. The molecule has 1 aromatic heterocycles. The predicted molar refractivity (Wildman–Crippen MR) is 84.1 cm³/mol. The SMILES string of the molecule is C[C@@H]1CN(C(=O)c2cc(Oc3ccccc3)ccn2)CCN1. The van der Waals surface area contributed by atoms with Crippen LogP contribution < -0.4 is 10.1 Å². The van der Waals surface area contributed by atoms with E-state index in [1.54, 1.807) is 18.3 Å². The van der Waals surface area contributed by atoms with Crippen molar-refractivity contribution < 1.29 is 9.53 Å². The number of piperazine rings is 1. The van der Waals surface area contributed by atoms with Crippen LogP contribution in [0.5, 0.6) is 11.5 Å². The van der Waals surface area contributed by atoms with Gasteiger partial charge in [0.15, 0.2) is 0 Å². The first-order valence-corrected chi connectivity index (χ1v) is 7.44. The van der Waals surface area contributed by atoms with Crippen LogP contribution in [0.2, 0.25) is 0 Å². The third kappa shape index (κ3) is 3.43. The second-order valence-corrected chi connectivity index (χ2v) is 5.40. The second kappa shape index (κ2) is 6.58. The zero-order valence-corrected chi connectivity index (χ0v) is 12.5. The first-order chi connectivity index (χ1) is 10.7. The molecular weight excluding hydrogens is 278 g/mol. The van der Waals surface area contributed by atoms with E-state index in [0.717, 1.165) is 12.3 Å².